The highest BCUT2D eigenvalue weighted by atomic mass is 32.1. The van der Waals surface area contributed by atoms with Gasteiger partial charge in [-0.05, 0) is 63.3 Å². The number of hydrogen-bond acceptors (Lipinski definition) is 4. The van der Waals surface area contributed by atoms with E-state index in [9.17, 15) is 0 Å². The third kappa shape index (κ3) is 4.75. The second kappa shape index (κ2) is 12.2. The molecule has 0 saturated carbocycles. The molecule has 56 heavy (non-hydrogen) atoms. The molecule has 0 unspecified atom stereocenters. The van der Waals surface area contributed by atoms with Gasteiger partial charge in [0, 0.05) is 58.7 Å². The van der Waals surface area contributed by atoms with Crippen LogP contribution in [0.15, 0.2) is 182 Å². The van der Waals surface area contributed by atoms with Crippen LogP contribution in [-0.2, 0) is 0 Å². The summed E-state index contributed by atoms with van der Waals surface area (Å²) in [5.74, 6) is 1.97. The Hall–Kier alpha value is -7.21. The summed E-state index contributed by atoms with van der Waals surface area (Å²) >= 11 is 1.82. The van der Waals surface area contributed by atoms with Gasteiger partial charge in [-0.25, -0.2) is 15.0 Å². The van der Waals surface area contributed by atoms with Gasteiger partial charge in [-0.3, -0.25) is 0 Å². The highest BCUT2D eigenvalue weighted by molar-refractivity contribution is 7.26. The summed E-state index contributed by atoms with van der Waals surface area (Å²) in [4.78, 5) is 15.6. The summed E-state index contributed by atoms with van der Waals surface area (Å²) in [5.41, 5.74) is 6.46. The third-order valence-electron chi connectivity index (χ3n) is 11.2. The minimum Gasteiger partial charge on any atom is -0.309 e. The maximum Gasteiger partial charge on any atom is 0.165 e. The normalized spacial score (nSPS) is 11.9. The summed E-state index contributed by atoms with van der Waals surface area (Å²) in [6.45, 7) is 0. The lowest BCUT2D eigenvalue weighted by molar-refractivity contribution is 1.08. The van der Waals surface area contributed by atoms with E-state index in [2.05, 4.69) is 150 Å². The Morgan fingerprint density at radius 1 is 0.375 bits per heavy atom. The predicted molar refractivity (Wildman–Crippen MR) is 236 cm³/mol. The number of thiophene rings is 1. The monoisotopic (exact) mass is 730 g/mol. The molecule has 0 aliphatic heterocycles. The molecule has 5 heteroatoms. The Bertz CT molecular complexity index is 3470. The van der Waals surface area contributed by atoms with Crippen LogP contribution in [0.1, 0.15) is 0 Å². The molecule has 0 bridgehead atoms. The lowest BCUT2D eigenvalue weighted by Gasteiger charge is -2.13. The number of rotatable bonds is 4. The molecule has 0 spiro atoms. The van der Waals surface area contributed by atoms with Gasteiger partial charge in [-0.15, -0.1) is 11.3 Å². The van der Waals surface area contributed by atoms with Crippen molar-refractivity contribution in [2.75, 3.05) is 0 Å². The molecule has 0 atom stereocenters. The van der Waals surface area contributed by atoms with E-state index >= 15 is 0 Å². The summed E-state index contributed by atoms with van der Waals surface area (Å²) in [6.07, 6.45) is 0. The molecule has 0 saturated heterocycles. The van der Waals surface area contributed by atoms with E-state index in [1.54, 1.807) is 0 Å². The van der Waals surface area contributed by atoms with Crippen LogP contribution in [0.2, 0.25) is 0 Å². The molecule has 12 rings (SSSR count). The van der Waals surface area contributed by atoms with E-state index in [0.29, 0.717) is 17.5 Å². The fraction of sp³-hybridized carbons (Fsp3) is 0. The Labute approximate surface area is 325 Å². The first kappa shape index (κ1) is 31.2. The van der Waals surface area contributed by atoms with Gasteiger partial charge in [0.2, 0.25) is 0 Å². The third-order valence-corrected chi connectivity index (χ3v) is 12.3. The summed E-state index contributed by atoms with van der Waals surface area (Å²) in [5, 5.41) is 12.0. The van der Waals surface area contributed by atoms with Gasteiger partial charge in [-0.2, -0.15) is 0 Å². The van der Waals surface area contributed by atoms with Crippen LogP contribution in [0.4, 0.5) is 0 Å². The van der Waals surface area contributed by atoms with E-state index in [4.69, 9.17) is 15.0 Å². The molecule has 0 radical (unpaired) electrons. The fourth-order valence-corrected chi connectivity index (χ4v) is 9.76. The van der Waals surface area contributed by atoms with E-state index in [1.165, 1.54) is 58.1 Å². The topological polar surface area (TPSA) is 43.6 Å². The average molecular weight is 731 g/mol. The Balaban J connectivity index is 1.20. The SMILES string of the molecule is c1ccc(-c2nc(-c3ccccc3)nc(-c3c4ccccc4cc4sc5ccc(-n6c7cc8ccccc8cc7c7ccc8ccccc8c76)cc5c34)n2)cc1. The molecule has 12 aromatic rings. The number of nitrogens with zero attached hydrogens (tertiary/aromatic N) is 4. The first-order valence-electron chi connectivity index (χ1n) is 18.9. The Morgan fingerprint density at radius 3 is 1.71 bits per heavy atom. The largest absolute Gasteiger partial charge is 0.309 e. The van der Waals surface area contributed by atoms with Crippen LogP contribution in [0.25, 0.3) is 114 Å². The Kier molecular flexibility index (Phi) is 6.76. The smallest absolute Gasteiger partial charge is 0.165 e. The molecule has 0 aliphatic rings. The lowest BCUT2D eigenvalue weighted by Crippen LogP contribution is -2.01. The second-order valence-corrected chi connectivity index (χ2v) is 15.5. The van der Waals surface area contributed by atoms with Crippen LogP contribution >= 0.6 is 11.3 Å². The van der Waals surface area contributed by atoms with Crippen molar-refractivity contribution in [1.29, 1.82) is 0 Å². The first-order chi connectivity index (χ1) is 27.7. The van der Waals surface area contributed by atoms with E-state index < -0.39 is 0 Å². The summed E-state index contributed by atoms with van der Waals surface area (Å²) in [7, 11) is 0. The van der Waals surface area contributed by atoms with Crippen LogP contribution in [0.5, 0.6) is 0 Å². The van der Waals surface area contributed by atoms with E-state index in [0.717, 1.165) is 38.5 Å². The van der Waals surface area contributed by atoms with Gasteiger partial charge in [0.05, 0.1) is 11.0 Å². The van der Waals surface area contributed by atoms with Gasteiger partial charge in [0.1, 0.15) is 0 Å². The summed E-state index contributed by atoms with van der Waals surface area (Å²) in [6, 6.07) is 65.0. The van der Waals surface area contributed by atoms with Gasteiger partial charge in [-0.1, -0.05) is 146 Å². The molecule has 3 heterocycles. The first-order valence-corrected chi connectivity index (χ1v) is 19.7. The molecular formula is C51H30N4S. The minimum atomic E-state index is 0.653. The van der Waals surface area contributed by atoms with Gasteiger partial charge < -0.3 is 4.57 Å². The predicted octanol–water partition coefficient (Wildman–Crippen LogP) is 13.8. The van der Waals surface area contributed by atoms with Gasteiger partial charge in [0.25, 0.3) is 0 Å². The number of fused-ring (bicyclic) bond motifs is 10. The Morgan fingerprint density at radius 2 is 0.982 bits per heavy atom. The van der Waals surface area contributed by atoms with Crippen molar-refractivity contribution in [3.8, 4) is 39.9 Å². The average Bonchev–Trinajstić information content (AvgIpc) is 3.79. The number of benzene rings is 9. The summed E-state index contributed by atoms with van der Waals surface area (Å²) < 4.78 is 4.90. The van der Waals surface area contributed by atoms with Gasteiger partial charge >= 0.3 is 0 Å². The van der Waals surface area contributed by atoms with Crippen molar-refractivity contribution in [1.82, 2.24) is 19.5 Å². The van der Waals surface area contributed by atoms with Crippen molar-refractivity contribution in [3.63, 3.8) is 0 Å². The van der Waals surface area contributed by atoms with Crippen LogP contribution < -0.4 is 0 Å². The molecule has 0 amide bonds. The maximum absolute atomic E-state index is 5.28. The molecule has 0 N–H and O–H groups in total. The highest BCUT2D eigenvalue weighted by Crippen LogP contribution is 2.46. The quantitative estimate of drug-likeness (QED) is 0.181. The van der Waals surface area contributed by atoms with Crippen molar-refractivity contribution in [2.45, 2.75) is 0 Å². The van der Waals surface area contributed by atoms with Crippen LogP contribution in [0, 0.1) is 0 Å². The van der Waals surface area contributed by atoms with Crippen LogP contribution in [-0.4, -0.2) is 19.5 Å². The zero-order chi connectivity index (χ0) is 36.7. The minimum absolute atomic E-state index is 0.653. The molecular weight excluding hydrogens is 701 g/mol. The number of aromatic nitrogens is 4. The highest BCUT2D eigenvalue weighted by Gasteiger charge is 2.22. The molecule has 0 fully saturated rings. The van der Waals surface area contributed by atoms with Crippen molar-refractivity contribution in [2.24, 2.45) is 0 Å². The standard InChI is InChI=1S/C51H30N4S/c1-3-14-32(15-4-1)49-52-50(33-16-5-2-6-17-33)54-51(53-49)47-38-21-11-10-20-36(38)29-45-46(47)42-30-37(24-26-44(42)56-45)55-43-28-35-19-8-7-18-34(35)27-41(43)40-25-23-31-13-9-12-22-39(31)48(40)55/h1-30H. The lowest BCUT2D eigenvalue weighted by atomic mass is 9.97. The zero-order valence-corrected chi connectivity index (χ0v) is 30.8. The molecule has 9 aromatic carbocycles. The van der Waals surface area contributed by atoms with Crippen LogP contribution in [0.3, 0.4) is 0 Å². The molecule has 4 nitrogen and oxygen atoms in total. The number of hydrogen-bond donors (Lipinski definition) is 0. The van der Waals surface area contributed by atoms with Crippen molar-refractivity contribution in [3.05, 3.63) is 182 Å². The second-order valence-electron chi connectivity index (χ2n) is 14.4. The van der Waals surface area contributed by atoms with Crippen molar-refractivity contribution < 1.29 is 0 Å². The van der Waals surface area contributed by atoms with Gasteiger partial charge in [0.15, 0.2) is 17.5 Å². The maximum atomic E-state index is 5.28. The van der Waals surface area contributed by atoms with Crippen molar-refractivity contribution >= 4 is 85.6 Å². The molecule has 3 aromatic heterocycles. The molecule has 0 aliphatic carbocycles. The van der Waals surface area contributed by atoms with E-state index in [-0.39, 0.29) is 0 Å². The van der Waals surface area contributed by atoms with E-state index in [1.807, 2.05) is 47.7 Å². The zero-order valence-electron chi connectivity index (χ0n) is 30.0. The fourth-order valence-electron chi connectivity index (χ4n) is 8.61. The molecule has 260 valence electrons.